The highest BCUT2D eigenvalue weighted by molar-refractivity contribution is 8.00. The first-order valence-corrected chi connectivity index (χ1v) is 10.3. The molecule has 1 aliphatic heterocycles. The number of hydrogen-bond donors (Lipinski definition) is 1. The number of pyridine rings is 1. The average molecular weight is 398 g/mol. The maximum absolute atomic E-state index is 12.6. The van der Waals surface area contributed by atoms with Gasteiger partial charge < -0.3 is 14.8 Å². The van der Waals surface area contributed by atoms with E-state index < -0.39 is 5.25 Å². The first kappa shape index (κ1) is 20.0. The fraction of sp³-hybridized carbons (Fsp3) is 0.381. The number of carbonyl (C=O) groups excluding carboxylic acids is 1. The zero-order valence-electron chi connectivity index (χ0n) is 16.0. The molecule has 0 saturated carbocycles. The summed E-state index contributed by atoms with van der Waals surface area (Å²) in [7, 11) is 0. The number of rotatable bonds is 7. The molecule has 7 heteroatoms. The minimum atomic E-state index is -0.408. The standard InChI is InChI=1S/C21H23N3O3S/c1-3-4-5-16-7-6-15(13-22)21(24-16)28-14(2)20(25)23-17-8-9-18-19(12-17)27-11-10-26-18/h6-9,12,14H,3-5,10-11H2,1-2H3,(H,23,25). The van der Waals surface area contributed by atoms with E-state index in [1.807, 2.05) is 6.07 Å². The minimum Gasteiger partial charge on any atom is -0.486 e. The second kappa shape index (κ2) is 9.47. The van der Waals surface area contributed by atoms with E-state index in [0.717, 1.165) is 25.0 Å². The molecule has 1 N–H and O–H groups in total. The Balaban J connectivity index is 1.68. The van der Waals surface area contributed by atoms with Crippen molar-refractivity contribution >= 4 is 23.4 Å². The Hall–Kier alpha value is -2.72. The van der Waals surface area contributed by atoms with Gasteiger partial charge in [0.05, 0.1) is 10.8 Å². The molecule has 0 bridgehead atoms. The van der Waals surface area contributed by atoms with Crippen LogP contribution in [0.25, 0.3) is 0 Å². The summed E-state index contributed by atoms with van der Waals surface area (Å²) < 4.78 is 11.0. The van der Waals surface area contributed by atoms with Crippen LogP contribution in [0.2, 0.25) is 0 Å². The lowest BCUT2D eigenvalue weighted by Crippen LogP contribution is -2.23. The van der Waals surface area contributed by atoms with Crippen LogP contribution in [0, 0.1) is 11.3 Å². The molecule has 1 aliphatic rings. The second-order valence-electron chi connectivity index (χ2n) is 6.48. The van der Waals surface area contributed by atoms with Gasteiger partial charge in [-0.15, -0.1) is 0 Å². The number of nitrogens with one attached hydrogen (secondary N) is 1. The van der Waals surface area contributed by atoms with Crippen LogP contribution in [0.3, 0.4) is 0 Å². The van der Waals surface area contributed by atoms with E-state index >= 15 is 0 Å². The quantitative estimate of drug-likeness (QED) is 0.706. The average Bonchev–Trinajstić information content (AvgIpc) is 2.72. The van der Waals surface area contributed by atoms with Crippen molar-refractivity contribution in [1.82, 2.24) is 4.98 Å². The summed E-state index contributed by atoms with van der Waals surface area (Å²) in [5, 5.41) is 12.4. The number of amides is 1. The van der Waals surface area contributed by atoms with Crippen LogP contribution in [0.5, 0.6) is 11.5 Å². The van der Waals surface area contributed by atoms with Gasteiger partial charge in [0.2, 0.25) is 5.91 Å². The van der Waals surface area contributed by atoms with Gasteiger partial charge in [-0.05, 0) is 44.0 Å². The zero-order valence-corrected chi connectivity index (χ0v) is 16.8. The summed E-state index contributed by atoms with van der Waals surface area (Å²) in [5.74, 6) is 1.14. The number of aryl methyl sites for hydroxylation is 1. The van der Waals surface area contributed by atoms with Gasteiger partial charge in [-0.3, -0.25) is 4.79 Å². The SMILES string of the molecule is CCCCc1ccc(C#N)c(SC(C)C(=O)Nc2ccc3c(c2)OCCO3)n1. The van der Waals surface area contributed by atoms with Crippen molar-refractivity contribution in [3.63, 3.8) is 0 Å². The number of nitrogens with zero attached hydrogens (tertiary/aromatic N) is 2. The van der Waals surface area contributed by atoms with Crippen molar-refractivity contribution < 1.29 is 14.3 Å². The van der Waals surface area contributed by atoms with Crippen molar-refractivity contribution in [2.45, 2.75) is 43.4 Å². The first-order chi connectivity index (χ1) is 13.6. The number of anilines is 1. The largest absolute Gasteiger partial charge is 0.486 e. The number of nitriles is 1. The molecule has 2 aromatic rings. The number of aromatic nitrogens is 1. The highest BCUT2D eigenvalue weighted by atomic mass is 32.2. The monoisotopic (exact) mass is 397 g/mol. The summed E-state index contributed by atoms with van der Waals surface area (Å²) in [6.07, 6.45) is 3.00. The molecule has 1 atom stereocenters. The van der Waals surface area contributed by atoms with E-state index in [1.165, 1.54) is 11.8 Å². The molecule has 146 valence electrons. The molecule has 0 aliphatic carbocycles. The maximum atomic E-state index is 12.6. The van der Waals surface area contributed by atoms with Crippen LogP contribution in [0.4, 0.5) is 5.69 Å². The van der Waals surface area contributed by atoms with Crippen LogP contribution in [0.15, 0.2) is 35.4 Å². The summed E-state index contributed by atoms with van der Waals surface area (Å²) in [4.78, 5) is 17.2. The molecular weight excluding hydrogens is 374 g/mol. The molecule has 0 radical (unpaired) electrons. The van der Waals surface area contributed by atoms with E-state index in [9.17, 15) is 10.1 Å². The number of carbonyl (C=O) groups is 1. The van der Waals surface area contributed by atoms with Crippen LogP contribution in [-0.4, -0.2) is 29.4 Å². The van der Waals surface area contributed by atoms with Crippen molar-refractivity contribution in [2.75, 3.05) is 18.5 Å². The van der Waals surface area contributed by atoms with Gasteiger partial charge in [-0.1, -0.05) is 25.1 Å². The Morgan fingerprint density at radius 1 is 1.29 bits per heavy atom. The highest BCUT2D eigenvalue weighted by Crippen LogP contribution is 2.33. The van der Waals surface area contributed by atoms with Gasteiger partial charge in [-0.2, -0.15) is 5.26 Å². The van der Waals surface area contributed by atoms with Crippen LogP contribution in [-0.2, 0) is 11.2 Å². The molecule has 6 nitrogen and oxygen atoms in total. The van der Waals surface area contributed by atoms with E-state index in [-0.39, 0.29) is 5.91 Å². The summed E-state index contributed by atoms with van der Waals surface area (Å²) in [5.41, 5.74) is 2.08. The van der Waals surface area contributed by atoms with Crippen LogP contribution in [0.1, 0.15) is 37.9 Å². The van der Waals surface area contributed by atoms with Crippen LogP contribution >= 0.6 is 11.8 Å². The molecule has 3 rings (SSSR count). The topological polar surface area (TPSA) is 84.2 Å². The zero-order chi connectivity index (χ0) is 19.9. The second-order valence-corrected chi connectivity index (χ2v) is 7.81. The molecule has 0 spiro atoms. The summed E-state index contributed by atoms with van der Waals surface area (Å²) in [6.45, 7) is 4.95. The van der Waals surface area contributed by atoms with Crippen molar-refractivity contribution in [3.05, 3.63) is 41.6 Å². The predicted octanol–water partition coefficient (Wildman–Crippen LogP) is 4.19. The molecule has 1 unspecified atom stereocenters. The third-order valence-electron chi connectivity index (χ3n) is 4.29. The van der Waals surface area contributed by atoms with Gasteiger partial charge in [0.25, 0.3) is 0 Å². The van der Waals surface area contributed by atoms with Gasteiger partial charge in [0.1, 0.15) is 24.3 Å². The highest BCUT2D eigenvalue weighted by Gasteiger charge is 2.19. The molecule has 2 heterocycles. The van der Waals surface area contributed by atoms with Crippen molar-refractivity contribution in [3.8, 4) is 17.6 Å². The summed E-state index contributed by atoms with van der Waals surface area (Å²) in [6, 6.07) is 11.2. The summed E-state index contributed by atoms with van der Waals surface area (Å²) >= 11 is 1.30. The van der Waals surface area contributed by atoms with Gasteiger partial charge >= 0.3 is 0 Å². The number of fused-ring (bicyclic) bond motifs is 1. The fourth-order valence-corrected chi connectivity index (χ4v) is 3.65. The minimum absolute atomic E-state index is 0.161. The molecule has 0 fully saturated rings. The Morgan fingerprint density at radius 3 is 2.82 bits per heavy atom. The molecule has 1 amide bonds. The first-order valence-electron chi connectivity index (χ1n) is 9.38. The lowest BCUT2D eigenvalue weighted by atomic mass is 10.2. The lowest BCUT2D eigenvalue weighted by molar-refractivity contribution is -0.115. The van der Waals surface area contributed by atoms with Gasteiger partial charge in [0, 0.05) is 17.4 Å². The predicted molar refractivity (Wildman–Crippen MR) is 109 cm³/mol. The number of benzene rings is 1. The number of hydrogen-bond acceptors (Lipinski definition) is 6. The lowest BCUT2D eigenvalue weighted by Gasteiger charge is -2.19. The Labute approximate surface area is 169 Å². The van der Waals surface area contributed by atoms with Crippen molar-refractivity contribution in [2.24, 2.45) is 0 Å². The Morgan fingerprint density at radius 2 is 2.07 bits per heavy atom. The number of unbranched alkanes of at least 4 members (excludes halogenated alkanes) is 1. The Bertz CT molecular complexity index is 895. The van der Waals surface area contributed by atoms with E-state index in [1.54, 1.807) is 31.2 Å². The van der Waals surface area contributed by atoms with Crippen LogP contribution < -0.4 is 14.8 Å². The van der Waals surface area contributed by atoms with Gasteiger partial charge in [-0.25, -0.2) is 4.98 Å². The molecule has 1 aromatic heterocycles. The smallest absolute Gasteiger partial charge is 0.237 e. The van der Waals surface area contributed by atoms with E-state index in [2.05, 4.69) is 23.3 Å². The fourth-order valence-electron chi connectivity index (χ4n) is 2.74. The molecule has 28 heavy (non-hydrogen) atoms. The third-order valence-corrected chi connectivity index (χ3v) is 5.39. The maximum Gasteiger partial charge on any atom is 0.237 e. The number of thioether (sulfide) groups is 1. The van der Waals surface area contributed by atoms with Gasteiger partial charge in [0.15, 0.2) is 11.5 Å². The van der Waals surface area contributed by atoms with E-state index in [0.29, 0.717) is 41.0 Å². The Kier molecular flexibility index (Phi) is 6.77. The molecule has 0 saturated heterocycles. The van der Waals surface area contributed by atoms with E-state index in [4.69, 9.17) is 9.47 Å². The normalized spacial score (nSPS) is 13.5. The number of ether oxygens (including phenoxy) is 2. The molecular formula is C21H23N3O3S. The molecule has 1 aromatic carbocycles. The third kappa shape index (κ3) is 4.96. The van der Waals surface area contributed by atoms with Crippen molar-refractivity contribution in [1.29, 1.82) is 5.26 Å².